The summed E-state index contributed by atoms with van der Waals surface area (Å²) in [6, 6.07) is 0. The molecule has 4 atom stereocenters. The Labute approximate surface area is 107 Å². The summed E-state index contributed by atoms with van der Waals surface area (Å²) in [5.41, 5.74) is 0. The van der Waals surface area contributed by atoms with Gasteiger partial charge in [0, 0.05) is 6.54 Å². The lowest BCUT2D eigenvalue weighted by Gasteiger charge is -2.19. The van der Waals surface area contributed by atoms with Crippen molar-refractivity contribution in [3.05, 3.63) is 0 Å². The first-order valence-electron chi connectivity index (χ1n) is 7.20. The molecule has 3 aliphatic rings. The van der Waals surface area contributed by atoms with E-state index in [9.17, 15) is 14.7 Å². The number of carbonyl (C=O) groups is 2. The van der Waals surface area contributed by atoms with Crippen LogP contribution >= 0.6 is 0 Å². The summed E-state index contributed by atoms with van der Waals surface area (Å²) in [5, 5.41) is 9.52. The molecule has 0 aromatic carbocycles. The molecule has 100 valence electrons. The van der Waals surface area contributed by atoms with Gasteiger partial charge in [-0.3, -0.25) is 14.5 Å². The fraction of sp³-hybridized carbons (Fsp3) is 0.857. The van der Waals surface area contributed by atoms with Crippen LogP contribution in [-0.4, -0.2) is 34.5 Å². The zero-order valence-electron chi connectivity index (χ0n) is 10.7. The van der Waals surface area contributed by atoms with Crippen LogP contribution in [-0.2, 0) is 9.59 Å². The number of rotatable bonds is 2. The lowest BCUT2D eigenvalue weighted by molar-refractivity contribution is -0.140. The van der Waals surface area contributed by atoms with E-state index in [1.165, 1.54) is 4.90 Å². The molecule has 2 amide bonds. The highest BCUT2D eigenvalue weighted by Gasteiger charge is 2.48. The van der Waals surface area contributed by atoms with Gasteiger partial charge in [-0.15, -0.1) is 0 Å². The first-order valence-corrected chi connectivity index (χ1v) is 7.20. The Bertz CT molecular complexity index is 344. The van der Waals surface area contributed by atoms with E-state index in [0.717, 1.165) is 44.9 Å². The van der Waals surface area contributed by atoms with Crippen molar-refractivity contribution in [3.8, 4) is 0 Å². The molecular weight excluding hydrogens is 230 g/mol. The summed E-state index contributed by atoms with van der Waals surface area (Å²) in [6.07, 6.45) is 6.20. The van der Waals surface area contributed by atoms with Gasteiger partial charge >= 0.3 is 0 Å². The van der Waals surface area contributed by atoms with E-state index in [-0.39, 0.29) is 29.8 Å². The molecule has 4 nitrogen and oxygen atoms in total. The van der Waals surface area contributed by atoms with Crippen LogP contribution in [0, 0.1) is 17.8 Å². The lowest BCUT2D eigenvalue weighted by Crippen LogP contribution is -2.35. The smallest absolute Gasteiger partial charge is 0.233 e. The number of nitrogens with zero attached hydrogens (tertiary/aromatic N) is 1. The number of fused-ring (bicyclic) bond motifs is 1. The van der Waals surface area contributed by atoms with Crippen molar-refractivity contribution >= 4 is 11.8 Å². The maximum absolute atomic E-state index is 12.3. The van der Waals surface area contributed by atoms with Crippen LogP contribution in [0.5, 0.6) is 0 Å². The number of aliphatic hydroxyl groups is 1. The van der Waals surface area contributed by atoms with Gasteiger partial charge in [-0.2, -0.15) is 0 Å². The molecule has 1 heterocycles. The second-order valence-corrected chi connectivity index (χ2v) is 6.12. The van der Waals surface area contributed by atoms with Crippen molar-refractivity contribution in [1.82, 2.24) is 4.90 Å². The monoisotopic (exact) mass is 251 g/mol. The SMILES string of the molecule is O=C1C2CCCCC2C(=O)N1CC1CCC(O)C1. The van der Waals surface area contributed by atoms with Gasteiger partial charge in [-0.05, 0) is 38.0 Å². The average molecular weight is 251 g/mol. The van der Waals surface area contributed by atoms with Crippen molar-refractivity contribution in [3.63, 3.8) is 0 Å². The van der Waals surface area contributed by atoms with Crippen molar-refractivity contribution in [2.45, 2.75) is 51.0 Å². The van der Waals surface area contributed by atoms with Gasteiger partial charge in [0.15, 0.2) is 0 Å². The number of imide groups is 1. The summed E-state index contributed by atoms with van der Waals surface area (Å²) < 4.78 is 0. The molecule has 1 aliphatic heterocycles. The van der Waals surface area contributed by atoms with Crippen LogP contribution in [0.4, 0.5) is 0 Å². The van der Waals surface area contributed by atoms with Gasteiger partial charge in [0.05, 0.1) is 17.9 Å². The number of likely N-dealkylation sites (tertiary alicyclic amines) is 1. The number of hydrogen-bond acceptors (Lipinski definition) is 3. The van der Waals surface area contributed by atoms with E-state index >= 15 is 0 Å². The van der Waals surface area contributed by atoms with Crippen molar-refractivity contribution < 1.29 is 14.7 Å². The summed E-state index contributed by atoms with van der Waals surface area (Å²) in [4.78, 5) is 26.0. The molecule has 2 saturated carbocycles. The molecule has 3 rings (SSSR count). The molecule has 0 aromatic heterocycles. The van der Waals surface area contributed by atoms with Gasteiger partial charge in [-0.1, -0.05) is 12.8 Å². The van der Waals surface area contributed by atoms with E-state index in [1.54, 1.807) is 0 Å². The molecule has 4 unspecified atom stereocenters. The molecular formula is C14H21NO3. The van der Waals surface area contributed by atoms with Crippen LogP contribution in [0.15, 0.2) is 0 Å². The summed E-state index contributed by atoms with van der Waals surface area (Å²) >= 11 is 0. The second kappa shape index (κ2) is 4.65. The molecule has 1 N–H and O–H groups in total. The summed E-state index contributed by atoms with van der Waals surface area (Å²) in [5.74, 6) is 0.375. The highest BCUT2D eigenvalue weighted by atomic mass is 16.3. The van der Waals surface area contributed by atoms with Crippen molar-refractivity contribution in [2.75, 3.05) is 6.54 Å². The topological polar surface area (TPSA) is 57.6 Å². The molecule has 4 heteroatoms. The van der Waals surface area contributed by atoms with Crippen LogP contribution < -0.4 is 0 Å². The van der Waals surface area contributed by atoms with Gasteiger partial charge in [0.2, 0.25) is 11.8 Å². The third kappa shape index (κ3) is 1.96. The molecule has 18 heavy (non-hydrogen) atoms. The molecule has 0 bridgehead atoms. The molecule has 0 aromatic rings. The Balaban J connectivity index is 1.68. The van der Waals surface area contributed by atoms with Crippen LogP contribution in [0.25, 0.3) is 0 Å². The zero-order chi connectivity index (χ0) is 12.7. The van der Waals surface area contributed by atoms with Gasteiger partial charge in [0.1, 0.15) is 0 Å². The van der Waals surface area contributed by atoms with Crippen LogP contribution in [0.2, 0.25) is 0 Å². The molecule has 2 aliphatic carbocycles. The first-order chi connectivity index (χ1) is 8.66. The highest BCUT2D eigenvalue weighted by molar-refractivity contribution is 6.05. The van der Waals surface area contributed by atoms with Crippen molar-refractivity contribution in [2.24, 2.45) is 17.8 Å². The number of carbonyl (C=O) groups excluding carboxylic acids is 2. The average Bonchev–Trinajstić information content (AvgIpc) is 2.88. The number of amides is 2. The molecule has 1 saturated heterocycles. The van der Waals surface area contributed by atoms with Gasteiger partial charge in [0.25, 0.3) is 0 Å². The van der Waals surface area contributed by atoms with E-state index in [1.807, 2.05) is 0 Å². The van der Waals surface area contributed by atoms with Crippen LogP contribution in [0.1, 0.15) is 44.9 Å². The zero-order valence-corrected chi connectivity index (χ0v) is 10.7. The normalized spacial score (nSPS) is 40.4. The Morgan fingerprint density at radius 3 is 2.11 bits per heavy atom. The van der Waals surface area contributed by atoms with E-state index in [4.69, 9.17) is 0 Å². The quantitative estimate of drug-likeness (QED) is 0.753. The summed E-state index contributed by atoms with van der Waals surface area (Å²) in [6.45, 7) is 0.543. The minimum absolute atomic E-state index is 0.0300. The highest BCUT2D eigenvalue weighted by Crippen LogP contribution is 2.39. The Hall–Kier alpha value is -0.900. The maximum atomic E-state index is 12.3. The molecule has 0 spiro atoms. The van der Waals surface area contributed by atoms with Gasteiger partial charge < -0.3 is 5.11 Å². The van der Waals surface area contributed by atoms with E-state index in [0.29, 0.717) is 12.5 Å². The van der Waals surface area contributed by atoms with E-state index < -0.39 is 0 Å². The fourth-order valence-corrected chi connectivity index (χ4v) is 3.88. The lowest BCUT2D eigenvalue weighted by atomic mass is 9.81. The molecule has 0 radical (unpaired) electrons. The first kappa shape index (κ1) is 12.2. The second-order valence-electron chi connectivity index (χ2n) is 6.12. The maximum Gasteiger partial charge on any atom is 0.233 e. The minimum atomic E-state index is -0.231. The predicted molar refractivity (Wildman–Crippen MR) is 65.5 cm³/mol. The fourth-order valence-electron chi connectivity index (χ4n) is 3.88. The Morgan fingerprint density at radius 2 is 1.61 bits per heavy atom. The largest absolute Gasteiger partial charge is 0.393 e. The third-order valence-corrected chi connectivity index (χ3v) is 4.89. The standard InChI is InChI=1S/C14H21NO3/c16-10-6-5-9(7-10)8-15-13(17)11-3-1-2-4-12(11)14(15)18/h9-12,16H,1-8H2. The van der Waals surface area contributed by atoms with Gasteiger partial charge in [-0.25, -0.2) is 0 Å². The minimum Gasteiger partial charge on any atom is -0.393 e. The van der Waals surface area contributed by atoms with E-state index in [2.05, 4.69) is 0 Å². The van der Waals surface area contributed by atoms with Crippen LogP contribution in [0.3, 0.4) is 0 Å². The predicted octanol–water partition coefficient (Wildman–Crippen LogP) is 1.32. The number of hydrogen-bond donors (Lipinski definition) is 1. The third-order valence-electron chi connectivity index (χ3n) is 4.89. The Morgan fingerprint density at radius 1 is 1.00 bits per heavy atom. The Kier molecular flexibility index (Phi) is 3.14. The van der Waals surface area contributed by atoms with Crippen molar-refractivity contribution in [1.29, 1.82) is 0 Å². The number of aliphatic hydroxyl groups excluding tert-OH is 1. The summed E-state index contributed by atoms with van der Waals surface area (Å²) in [7, 11) is 0. The molecule has 3 fully saturated rings.